The number of aromatic nitrogens is 2. The summed E-state index contributed by atoms with van der Waals surface area (Å²) in [4.78, 5) is 1.37. The van der Waals surface area contributed by atoms with Crippen LogP contribution in [0.15, 0.2) is 34.7 Å². The Morgan fingerprint density at radius 2 is 1.95 bits per heavy atom. The summed E-state index contributed by atoms with van der Waals surface area (Å²) in [6.45, 7) is -0.422. The van der Waals surface area contributed by atoms with Crippen LogP contribution in [0.25, 0.3) is 11.5 Å². The summed E-state index contributed by atoms with van der Waals surface area (Å²) < 4.78 is 30.2. The molecule has 108 valence electrons. The number of aliphatic hydroxyl groups is 1. The van der Waals surface area contributed by atoms with Crippen LogP contribution in [0.1, 0.15) is 5.89 Å². The van der Waals surface area contributed by atoms with Crippen molar-refractivity contribution in [2.45, 2.75) is 13.0 Å². The molecular weight excluding hydrogens is 268 g/mol. The molecule has 0 aliphatic carbocycles. The molecule has 1 N–H and O–H groups in total. The summed E-state index contributed by atoms with van der Waals surface area (Å²) in [5.74, 6) is 0.597. The quantitative estimate of drug-likeness (QED) is 0.839. The molecular formula is C13H15F2N3O2. The lowest BCUT2D eigenvalue weighted by molar-refractivity contribution is 0.0704. The van der Waals surface area contributed by atoms with E-state index in [-0.39, 0.29) is 25.6 Å². The molecule has 0 saturated heterocycles. The van der Waals surface area contributed by atoms with Crippen molar-refractivity contribution in [1.29, 1.82) is 0 Å². The van der Waals surface area contributed by atoms with E-state index >= 15 is 0 Å². The summed E-state index contributed by atoms with van der Waals surface area (Å²) in [6.07, 6.45) is -2.47. The molecule has 0 aliphatic rings. The van der Waals surface area contributed by atoms with E-state index in [0.29, 0.717) is 5.89 Å². The molecule has 20 heavy (non-hydrogen) atoms. The van der Waals surface area contributed by atoms with Crippen molar-refractivity contribution in [2.24, 2.45) is 0 Å². The maximum atomic E-state index is 12.4. The van der Waals surface area contributed by atoms with Crippen LogP contribution in [0.3, 0.4) is 0 Å². The van der Waals surface area contributed by atoms with Crippen LogP contribution in [-0.2, 0) is 6.54 Å². The maximum Gasteiger partial charge on any atom is 0.251 e. The number of nitrogens with zero attached hydrogens (tertiary/aromatic N) is 3. The van der Waals surface area contributed by atoms with Crippen LogP contribution in [0, 0.1) is 0 Å². The third-order valence-corrected chi connectivity index (χ3v) is 2.66. The molecule has 1 heterocycles. The third-order valence-electron chi connectivity index (χ3n) is 2.66. The zero-order chi connectivity index (χ0) is 14.4. The molecule has 0 fully saturated rings. The lowest BCUT2D eigenvalue weighted by atomic mass is 10.2. The molecule has 1 aromatic heterocycles. The normalized spacial score (nSPS) is 11.4. The number of benzene rings is 1. The molecule has 7 heteroatoms. The van der Waals surface area contributed by atoms with Crippen molar-refractivity contribution in [3.05, 3.63) is 36.2 Å². The van der Waals surface area contributed by atoms with Gasteiger partial charge in [0.1, 0.15) is 0 Å². The van der Waals surface area contributed by atoms with E-state index in [4.69, 9.17) is 9.52 Å². The largest absolute Gasteiger partial charge is 0.419 e. The lowest BCUT2D eigenvalue weighted by Gasteiger charge is -2.18. The van der Waals surface area contributed by atoms with E-state index < -0.39 is 13.0 Å². The van der Waals surface area contributed by atoms with Crippen molar-refractivity contribution < 1.29 is 18.3 Å². The van der Waals surface area contributed by atoms with Gasteiger partial charge in [0.05, 0.1) is 19.7 Å². The second-order valence-corrected chi connectivity index (χ2v) is 4.22. The van der Waals surface area contributed by atoms with Crippen LogP contribution in [0.5, 0.6) is 0 Å². The number of aliphatic hydroxyl groups excluding tert-OH is 1. The van der Waals surface area contributed by atoms with Gasteiger partial charge in [0.2, 0.25) is 11.8 Å². The summed E-state index contributed by atoms with van der Waals surface area (Å²) >= 11 is 0. The third kappa shape index (κ3) is 4.07. The fourth-order valence-corrected chi connectivity index (χ4v) is 1.78. The van der Waals surface area contributed by atoms with Gasteiger partial charge < -0.3 is 9.52 Å². The molecule has 2 rings (SSSR count). The SMILES string of the molecule is OCCN(Cc1nnc(-c2ccccc2)o1)CC(F)F. The molecule has 5 nitrogen and oxygen atoms in total. The minimum absolute atomic E-state index is 0.0880. The van der Waals surface area contributed by atoms with Crippen molar-refractivity contribution in [3.8, 4) is 11.5 Å². The average molecular weight is 283 g/mol. The van der Waals surface area contributed by atoms with Crippen molar-refractivity contribution >= 4 is 0 Å². The number of alkyl halides is 2. The van der Waals surface area contributed by atoms with Crippen molar-refractivity contribution in [3.63, 3.8) is 0 Å². The van der Waals surface area contributed by atoms with Gasteiger partial charge in [-0.25, -0.2) is 8.78 Å². The smallest absolute Gasteiger partial charge is 0.251 e. The van der Waals surface area contributed by atoms with Gasteiger partial charge in [-0.05, 0) is 12.1 Å². The van der Waals surface area contributed by atoms with E-state index in [2.05, 4.69) is 10.2 Å². The van der Waals surface area contributed by atoms with Gasteiger partial charge in [0, 0.05) is 12.1 Å². The average Bonchev–Trinajstić information content (AvgIpc) is 2.88. The van der Waals surface area contributed by atoms with E-state index in [1.807, 2.05) is 30.3 Å². The molecule has 0 aliphatic heterocycles. The highest BCUT2D eigenvalue weighted by atomic mass is 19.3. The molecule has 0 spiro atoms. The minimum Gasteiger partial charge on any atom is -0.419 e. The Morgan fingerprint density at radius 3 is 2.60 bits per heavy atom. The van der Waals surface area contributed by atoms with Gasteiger partial charge >= 0.3 is 0 Å². The Hall–Kier alpha value is -1.86. The number of hydrogen-bond donors (Lipinski definition) is 1. The number of rotatable bonds is 7. The Balaban J connectivity index is 2.04. The van der Waals surface area contributed by atoms with Crippen LogP contribution in [-0.4, -0.2) is 46.3 Å². The fraction of sp³-hybridized carbons (Fsp3) is 0.385. The maximum absolute atomic E-state index is 12.4. The van der Waals surface area contributed by atoms with Crippen molar-refractivity contribution in [1.82, 2.24) is 15.1 Å². The van der Waals surface area contributed by atoms with Crippen LogP contribution in [0.2, 0.25) is 0 Å². The van der Waals surface area contributed by atoms with Gasteiger partial charge in [0.25, 0.3) is 6.43 Å². The number of hydrogen-bond acceptors (Lipinski definition) is 5. The second-order valence-electron chi connectivity index (χ2n) is 4.22. The summed E-state index contributed by atoms with van der Waals surface area (Å²) in [5.41, 5.74) is 0.772. The standard InChI is InChI=1S/C13H15F2N3O2/c14-11(15)8-18(6-7-19)9-12-16-17-13(20-12)10-4-2-1-3-5-10/h1-5,11,19H,6-9H2. The van der Waals surface area contributed by atoms with Crippen molar-refractivity contribution in [2.75, 3.05) is 19.7 Å². The molecule has 0 bridgehead atoms. The minimum atomic E-state index is -2.47. The van der Waals surface area contributed by atoms with Crippen LogP contribution in [0.4, 0.5) is 8.78 Å². The zero-order valence-electron chi connectivity index (χ0n) is 10.7. The predicted octanol–water partition coefficient (Wildman–Crippen LogP) is 1.80. The predicted molar refractivity (Wildman–Crippen MR) is 68.1 cm³/mol. The molecule has 0 unspecified atom stereocenters. The first-order chi connectivity index (χ1) is 9.69. The Bertz CT molecular complexity index is 519. The van der Waals surface area contributed by atoms with E-state index in [0.717, 1.165) is 5.56 Å². The Morgan fingerprint density at radius 1 is 1.20 bits per heavy atom. The molecule has 2 aromatic rings. The first-order valence-electron chi connectivity index (χ1n) is 6.18. The molecule has 1 aromatic carbocycles. The van der Waals surface area contributed by atoms with E-state index in [9.17, 15) is 8.78 Å². The highest BCUT2D eigenvalue weighted by Crippen LogP contribution is 2.17. The zero-order valence-corrected chi connectivity index (χ0v) is 10.7. The first-order valence-corrected chi connectivity index (χ1v) is 6.18. The van der Waals surface area contributed by atoms with Crippen LogP contribution < -0.4 is 0 Å². The van der Waals surface area contributed by atoms with Gasteiger partial charge in [-0.15, -0.1) is 10.2 Å². The van der Waals surface area contributed by atoms with Gasteiger partial charge in [-0.1, -0.05) is 18.2 Å². The molecule has 0 radical (unpaired) electrons. The lowest BCUT2D eigenvalue weighted by Crippen LogP contribution is -2.31. The van der Waals surface area contributed by atoms with E-state index in [1.54, 1.807) is 0 Å². The van der Waals surface area contributed by atoms with E-state index in [1.165, 1.54) is 4.90 Å². The Labute approximate surface area is 114 Å². The second kappa shape index (κ2) is 7.06. The first kappa shape index (κ1) is 14.5. The van der Waals surface area contributed by atoms with Crippen LogP contribution >= 0.6 is 0 Å². The summed E-state index contributed by atoms with van der Waals surface area (Å²) in [5, 5.41) is 16.6. The molecule has 0 saturated carbocycles. The van der Waals surface area contributed by atoms with Gasteiger partial charge in [-0.2, -0.15) is 0 Å². The molecule has 0 atom stereocenters. The van der Waals surface area contributed by atoms with Gasteiger partial charge in [-0.3, -0.25) is 4.90 Å². The fourth-order valence-electron chi connectivity index (χ4n) is 1.78. The highest BCUT2D eigenvalue weighted by molar-refractivity contribution is 5.51. The monoisotopic (exact) mass is 283 g/mol. The Kier molecular flexibility index (Phi) is 5.14. The topological polar surface area (TPSA) is 62.4 Å². The number of halogens is 2. The summed E-state index contributed by atoms with van der Waals surface area (Å²) in [7, 11) is 0. The highest BCUT2D eigenvalue weighted by Gasteiger charge is 2.16. The molecule has 0 amide bonds. The van der Waals surface area contributed by atoms with Gasteiger partial charge in [0.15, 0.2) is 0 Å². The summed E-state index contributed by atoms with van der Waals surface area (Å²) in [6, 6.07) is 9.19.